The Morgan fingerprint density at radius 2 is 1.62 bits per heavy atom. The number of barbiturate groups is 1. The quantitative estimate of drug-likeness (QED) is 0.281. The topological polar surface area (TPSA) is 144 Å². The number of imide groups is 2. The Balaban J connectivity index is 2.31. The normalized spacial score (nSPS) is 15.0. The van der Waals surface area contributed by atoms with Crippen molar-refractivity contribution in [3.8, 4) is 5.88 Å². The summed E-state index contributed by atoms with van der Waals surface area (Å²) >= 11 is 4.66. The number of urea groups is 1. The number of rotatable bonds is 2. The number of aromatic nitrogens is 2. The van der Waals surface area contributed by atoms with Crippen molar-refractivity contribution >= 4 is 36.1 Å². The SMILES string of the molecule is O=C1NC(=O)C(=CC=Cc2c(O)[nH]c(=S)[nH]c2=O)C(=O)N1. The summed E-state index contributed by atoms with van der Waals surface area (Å²) in [6, 6.07) is -0.907. The molecule has 0 radical (unpaired) electrons. The van der Waals surface area contributed by atoms with Crippen LogP contribution in [0.5, 0.6) is 5.88 Å². The van der Waals surface area contributed by atoms with E-state index in [9.17, 15) is 24.3 Å². The van der Waals surface area contributed by atoms with E-state index in [1.54, 1.807) is 0 Å². The second kappa shape index (κ2) is 5.54. The van der Waals surface area contributed by atoms with Crippen LogP contribution in [-0.4, -0.2) is 32.9 Å². The maximum absolute atomic E-state index is 11.5. The van der Waals surface area contributed by atoms with E-state index in [-0.39, 0.29) is 15.9 Å². The fourth-order valence-corrected chi connectivity index (χ4v) is 1.70. The zero-order valence-corrected chi connectivity index (χ0v) is 11.0. The summed E-state index contributed by atoms with van der Waals surface area (Å²) in [5.74, 6) is -2.18. The van der Waals surface area contributed by atoms with Crippen LogP contribution in [0.15, 0.2) is 22.5 Å². The van der Waals surface area contributed by atoms with Crippen LogP contribution in [-0.2, 0) is 9.59 Å². The minimum Gasteiger partial charge on any atom is -0.494 e. The molecule has 10 heteroatoms. The third-order valence-electron chi connectivity index (χ3n) is 2.43. The Bertz CT molecular complexity index is 795. The number of aromatic hydroxyl groups is 1. The Morgan fingerprint density at radius 1 is 1.00 bits per heavy atom. The minimum absolute atomic E-state index is 0.0439. The molecule has 9 nitrogen and oxygen atoms in total. The van der Waals surface area contributed by atoms with Gasteiger partial charge < -0.3 is 10.1 Å². The molecule has 21 heavy (non-hydrogen) atoms. The second-order valence-electron chi connectivity index (χ2n) is 3.85. The molecule has 1 fully saturated rings. The number of carbonyl (C=O) groups excluding carboxylic acids is 3. The fraction of sp³-hybridized carbons (Fsp3) is 0. The van der Waals surface area contributed by atoms with Crippen molar-refractivity contribution in [2.24, 2.45) is 0 Å². The van der Waals surface area contributed by atoms with E-state index in [4.69, 9.17) is 0 Å². The lowest BCUT2D eigenvalue weighted by molar-refractivity contribution is -0.124. The molecule has 1 aromatic rings. The van der Waals surface area contributed by atoms with Gasteiger partial charge in [0.1, 0.15) is 5.57 Å². The van der Waals surface area contributed by atoms with Crippen LogP contribution in [0.2, 0.25) is 0 Å². The molecule has 0 unspecified atom stereocenters. The van der Waals surface area contributed by atoms with Crippen molar-refractivity contribution in [3.05, 3.63) is 38.4 Å². The summed E-state index contributed by atoms with van der Waals surface area (Å²) in [7, 11) is 0. The van der Waals surface area contributed by atoms with Gasteiger partial charge >= 0.3 is 6.03 Å². The van der Waals surface area contributed by atoms with Crippen LogP contribution in [0.4, 0.5) is 4.79 Å². The van der Waals surface area contributed by atoms with Crippen molar-refractivity contribution in [3.63, 3.8) is 0 Å². The molecule has 108 valence electrons. The molecule has 2 heterocycles. The second-order valence-corrected chi connectivity index (χ2v) is 4.26. The van der Waals surface area contributed by atoms with Crippen molar-refractivity contribution < 1.29 is 19.5 Å². The van der Waals surface area contributed by atoms with Crippen LogP contribution in [0.3, 0.4) is 0 Å². The Labute approximate surface area is 121 Å². The lowest BCUT2D eigenvalue weighted by Crippen LogP contribution is -2.51. The number of hydrogen-bond acceptors (Lipinski definition) is 6. The average Bonchev–Trinajstić information content (AvgIpc) is 2.34. The third-order valence-corrected chi connectivity index (χ3v) is 2.63. The molecule has 1 aliphatic rings. The van der Waals surface area contributed by atoms with Gasteiger partial charge in [-0.3, -0.25) is 30.0 Å². The van der Waals surface area contributed by atoms with Gasteiger partial charge in [0, 0.05) is 0 Å². The van der Waals surface area contributed by atoms with Crippen LogP contribution in [0.25, 0.3) is 6.08 Å². The van der Waals surface area contributed by atoms with E-state index in [0.717, 1.165) is 6.08 Å². The molecule has 0 bridgehead atoms. The number of hydrogen-bond donors (Lipinski definition) is 5. The molecule has 5 N–H and O–H groups in total. The molecule has 2 rings (SSSR count). The van der Waals surface area contributed by atoms with Gasteiger partial charge in [0.2, 0.25) is 5.88 Å². The first kappa shape index (κ1) is 14.4. The van der Waals surface area contributed by atoms with Crippen LogP contribution >= 0.6 is 12.2 Å². The van der Waals surface area contributed by atoms with Crippen LogP contribution in [0.1, 0.15) is 5.56 Å². The molecule has 1 aliphatic heterocycles. The Kier molecular flexibility index (Phi) is 3.80. The van der Waals surface area contributed by atoms with E-state index < -0.39 is 29.3 Å². The Morgan fingerprint density at radius 3 is 2.19 bits per heavy atom. The van der Waals surface area contributed by atoms with E-state index >= 15 is 0 Å². The van der Waals surface area contributed by atoms with Gasteiger partial charge in [-0.2, -0.15) is 0 Å². The number of nitrogens with one attached hydrogen (secondary N) is 4. The highest BCUT2D eigenvalue weighted by atomic mass is 32.1. The third kappa shape index (κ3) is 3.12. The molecule has 0 aromatic carbocycles. The lowest BCUT2D eigenvalue weighted by Gasteiger charge is -2.12. The van der Waals surface area contributed by atoms with E-state index in [1.807, 2.05) is 10.6 Å². The van der Waals surface area contributed by atoms with Gasteiger partial charge in [0.15, 0.2) is 4.77 Å². The molecule has 0 spiro atoms. The summed E-state index contributed by atoms with van der Waals surface area (Å²) in [4.78, 5) is 49.8. The van der Waals surface area contributed by atoms with Crippen molar-refractivity contribution in [1.29, 1.82) is 0 Å². The molecule has 0 aliphatic carbocycles. The Hall–Kier alpha value is -3.01. The van der Waals surface area contributed by atoms with Gasteiger partial charge in [0.05, 0.1) is 5.56 Å². The van der Waals surface area contributed by atoms with Crippen LogP contribution < -0.4 is 16.2 Å². The van der Waals surface area contributed by atoms with Gasteiger partial charge in [-0.05, 0) is 24.4 Å². The summed E-state index contributed by atoms with van der Waals surface area (Å²) < 4.78 is -0.0439. The monoisotopic (exact) mass is 308 g/mol. The highest BCUT2D eigenvalue weighted by Gasteiger charge is 2.26. The summed E-state index contributed by atoms with van der Waals surface area (Å²) in [6.07, 6.45) is 3.46. The number of allylic oxidation sites excluding steroid dienone is 2. The van der Waals surface area contributed by atoms with Gasteiger partial charge in [-0.25, -0.2) is 4.79 Å². The smallest absolute Gasteiger partial charge is 0.328 e. The zero-order chi connectivity index (χ0) is 15.6. The van der Waals surface area contributed by atoms with Crippen molar-refractivity contribution in [1.82, 2.24) is 20.6 Å². The number of carbonyl (C=O) groups is 3. The first-order valence-electron chi connectivity index (χ1n) is 5.49. The maximum Gasteiger partial charge on any atom is 0.328 e. The van der Waals surface area contributed by atoms with Gasteiger partial charge in [-0.1, -0.05) is 6.08 Å². The van der Waals surface area contributed by atoms with Crippen molar-refractivity contribution in [2.45, 2.75) is 0 Å². The fourth-order valence-electron chi connectivity index (χ4n) is 1.51. The minimum atomic E-state index is -0.907. The summed E-state index contributed by atoms with van der Waals surface area (Å²) in [6.45, 7) is 0. The first-order chi connectivity index (χ1) is 9.88. The zero-order valence-electron chi connectivity index (χ0n) is 10.2. The van der Waals surface area contributed by atoms with E-state index in [0.29, 0.717) is 0 Å². The lowest BCUT2D eigenvalue weighted by atomic mass is 10.1. The van der Waals surface area contributed by atoms with Crippen molar-refractivity contribution in [2.75, 3.05) is 0 Å². The summed E-state index contributed by atoms with van der Waals surface area (Å²) in [5, 5.41) is 13.3. The first-order valence-corrected chi connectivity index (χ1v) is 5.90. The summed E-state index contributed by atoms with van der Waals surface area (Å²) in [5.41, 5.74) is -1.09. The largest absolute Gasteiger partial charge is 0.494 e. The number of H-pyrrole nitrogens is 2. The molecule has 1 aromatic heterocycles. The van der Waals surface area contributed by atoms with Gasteiger partial charge in [-0.15, -0.1) is 0 Å². The average molecular weight is 308 g/mol. The highest BCUT2D eigenvalue weighted by Crippen LogP contribution is 2.09. The van der Waals surface area contributed by atoms with E-state index in [1.165, 1.54) is 12.2 Å². The molecular formula is C11H8N4O5S. The molecular weight excluding hydrogens is 300 g/mol. The molecule has 0 atom stereocenters. The molecule has 1 saturated heterocycles. The number of amides is 4. The standard InChI is InChI=1S/C11H8N4O5S/c16-6-4(7(17)13-10(20)12-6)2-1-3-5-8(18)14-11(21)15-9(5)19/h1-3H,(H2,12,13,16,17,20)(H3,14,15,18,19,21). The maximum atomic E-state index is 11.5. The van der Waals surface area contributed by atoms with Gasteiger partial charge in [0.25, 0.3) is 17.4 Å². The van der Waals surface area contributed by atoms with E-state index in [2.05, 4.69) is 22.2 Å². The highest BCUT2D eigenvalue weighted by molar-refractivity contribution is 7.71. The number of aromatic amines is 2. The molecule has 4 amide bonds. The predicted molar refractivity (Wildman–Crippen MR) is 72.7 cm³/mol. The van der Waals surface area contributed by atoms with Crippen LogP contribution in [0, 0.1) is 4.77 Å². The molecule has 0 saturated carbocycles. The predicted octanol–water partition coefficient (Wildman–Crippen LogP) is -0.556.